The molecule has 3 aromatic rings. The fourth-order valence-corrected chi connectivity index (χ4v) is 5.16. The number of methoxy groups -OCH3 is 2. The summed E-state index contributed by atoms with van der Waals surface area (Å²) in [6, 6.07) is 20.2. The fraction of sp³-hybridized carbons (Fsp3) is 0.353. The van der Waals surface area contributed by atoms with Gasteiger partial charge in [0.2, 0.25) is 5.89 Å². The van der Waals surface area contributed by atoms with Crippen LogP contribution >= 0.6 is 0 Å². The van der Waals surface area contributed by atoms with Gasteiger partial charge in [0.15, 0.2) is 0 Å². The van der Waals surface area contributed by atoms with Gasteiger partial charge in [0.25, 0.3) is 0 Å². The van der Waals surface area contributed by atoms with E-state index in [1.54, 1.807) is 13.4 Å². The van der Waals surface area contributed by atoms with E-state index in [9.17, 15) is 4.79 Å². The van der Waals surface area contributed by atoms with Crippen molar-refractivity contribution in [3.63, 3.8) is 0 Å². The van der Waals surface area contributed by atoms with E-state index in [1.165, 1.54) is 18.3 Å². The van der Waals surface area contributed by atoms with E-state index >= 15 is 0 Å². The maximum Gasteiger partial charge on any atom is 0.309 e. The van der Waals surface area contributed by atoms with Gasteiger partial charge in [0.1, 0.15) is 12.0 Å². The van der Waals surface area contributed by atoms with E-state index in [0.717, 1.165) is 53.8 Å². The summed E-state index contributed by atoms with van der Waals surface area (Å²) in [7, 11) is 3.21. The van der Waals surface area contributed by atoms with Crippen molar-refractivity contribution in [2.45, 2.75) is 53.4 Å². The Morgan fingerprint density at radius 1 is 1.03 bits per heavy atom. The lowest BCUT2D eigenvalue weighted by atomic mass is 9.83. The summed E-state index contributed by atoms with van der Waals surface area (Å²) in [4.78, 5) is 16.5. The highest BCUT2D eigenvalue weighted by atomic mass is 16.5. The average molecular weight is 528 g/mol. The summed E-state index contributed by atoms with van der Waals surface area (Å²) < 4.78 is 16.0. The van der Waals surface area contributed by atoms with Gasteiger partial charge in [-0.2, -0.15) is 0 Å². The summed E-state index contributed by atoms with van der Waals surface area (Å²) in [5, 5.41) is 0. The zero-order chi connectivity index (χ0) is 28.2. The smallest absolute Gasteiger partial charge is 0.309 e. The second kappa shape index (κ2) is 14.9. The standard InChI is InChI=1S/C22H26O3.C10H9NO.C2H6/c1-4-17(22(23)25-3)18-12-10-16-11-13-21(24-2)20(14-19(16)18)15-8-6-5-7-9-15;1-8-7-12-10(11-8)9-5-3-2-4-6-9;1-2/h5-9,13-14,17-18H,4,10-12H2,1-3H3;2-7H,1H3;1-2H3. The van der Waals surface area contributed by atoms with Crippen LogP contribution in [0.4, 0.5) is 0 Å². The van der Waals surface area contributed by atoms with Gasteiger partial charge < -0.3 is 13.9 Å². The zero-order valence-corrected chi connectivity index (χ0v) is 24.1. The lowest BCUT2D eigenvalue weighted by molar-refractivity contribution is -0.147. The van der Waals surface area contributed by atoms with Crippen LogP contribution in [0.15, 0.2) is 100 Å². The Kier molecular flexibility index (Phi) is 11.4. The van der Waals surface area contributed by atoms with Gasteiger partial charge in [0, 0.05) is 11.1 Å². The van der Waals surface area contributed by atoms with Crippen molar-refractivity contribution in [1.82, 2.24) is 4.98 Å². The van der Waals surface area contributed by atoms with E-state index in [1.807, 2.05) is 69.3 Å². The van der Waals surface area contributed by atoms with Crippen LogP contribution in [-0.2, 0) is 14.3 Å². The first kappa shape index (κ1) is 29.7. The molecule has 206 valence electrons. The molecule has 5 heteroatoms. The van der Waals surface area contributed by atoms with Crippen molar-refractivity contribution < 1.29 is 18.7 Å². The number of aromatic nitrogens is 1. The lowest BCUT2D eigenvalue weighted by Gasteiger charge is -2.22. The fourth-order valence-electron chi connectivity index (χ4n) is 5.16. The SMILES string of the molecule is CC.CCC(C(=O)OC)C1CCC2=C1C=C(c1ccccc1)C(OC)=CC2.Cc1coc(-c2ccccc2)n1. The quantitative estimate of drug-likeness (QED) is 0.300. The normalized spacial score (nSPS) is 16.7. The Hall–Kier alpha value is -3.86. The van der Waals surface area contributed by atoms with Crippen LogP contribution < -0.4 is 0 Å². The minimum absolute atomic E-state index is 0.0742. The number of benzene rings is 2. The van der Waals surface area contributed by atoms with Crippen LogP contribution in [0.2, 0.25) is 0 Å². The maximum atomic E-state index is 12.3. The van der Waals surface area contributed by atoms with Crippen LogP contribution in [0.25, 0.3) is 17.0 Å². The third-order valence-corrected chi connectivity index (χ3v) is 7.04. The van der Waals surface area contributed by atoms with E-state index in [4.69, 9.17) is 13.9 Å². The van der Waals surface area contributed by atoms with Crippen LogP contribution in [0.5, 0.6) is 0 Å². The minimum atomic E-state index is -0.0971. The predicted octanol–water partition coefficient (Wildman–Crippen LogP) is 8.59. The first-order valence-electron chi connectivity index (χ1n) is 13.8. The Bertz CT molecular complexity index is 1280. The molecule has 0 fully saturated rings. The van der Waals surface area contributed by atoms with E-state index < -0.39 is 0 Å². The van der Waals surface area contributed by atoms with Crippen molar-refractivity contribution >= 4 is 11.5 Å². The third-order valence-electron chi connectivity index (χ3n) is 7.04. The van der Waals surface area contributed by atoms with Crippen molar-refractivity contribution in [3.8, 4) is 11.5 Å². The lowest BCUT2D eigenvalue weighted by Crippen LogP contribution is -2.24. The number of nitrogens with zero attached hydrogens (tertiary/aromatic N) is 1. The third kappa shape index (κ3) is 7.38. The largest absolute Gasteiger partial charge is 0.496 e. The number of oxazole rings is 1. The van der Waals surface area contributed by atoms with Gasteiger partial charge in [-0.1, -0.05) is 74.9 Å². The first-order valence-corrected chi connectivity index (χ1v) is 13.8. The summed E-state index contributed by atoms with van der Waals surface area (Å²) in [6.07, 6.45) is 9.82. The number of esters is 1. The number of hydrogen-bond acceptors (Lipinski definition) is 5. The molecule has 5 nitrogen and oxygen atoms in total. The molecule has 0 spiro atoms. The highest BCUT2D eigenvalue weighted by molar-refractivity contribution is 5.81. The molecule has 2 unspecified atom stereocenters. The summed E-state index contributed by atoms with van der Waals surface area (Å²) in [5.74, 6) is 1.66. The molecular formula is C34H41NO4. The number of ether oxygens (including phenoxy) is 2. The highest BCUT2D eigenvalue weighted by Crippen LogP contribution is 2.44. The topological polar surface area (TPSA) is 61.6 Å². The van der Waals surface area contributed by atoms with Crippen molar-refractivity contribution in [1.29, 1.82) is 0 Å². The van der Waals surface area contributed by atoms with Crippen molar-refractivity contribution in [2.75, 3.05) is 14.2 Å². The van der Waals surface area contributed by atoms with Crippen LogP contribution in [-0.4, -0.2) is 25.2 Å². The van der Waals surface area contributed by atoms with Crippen LogP contribution in [0.3, 0.4) is 0 Å². The Morgan fingerprint density at radius 3 is 2.21 bits per heavy atom. The molecular weight excluding hydrogens is 486 g/mol. The van der Waals surface area contributed by atoms with Gasteiger partial charge in [-0.25, -0.2) is 4.98 Å². The maximum absolute atomic E-state index is 12.3. The monoisotopic (exact) mass is 527 g/mol. The molecule has 1 heterocycles. The first-order chi connectivity index (χ1) is 19.0. The molecule has 0 bridgehead atoms. The van der Waals surface area contributed by atoms with Gasteiger partial charge in [-0.05, 0) is 73.9 Å². The molecule has 0 saturated heterocycles. The molecule has 39 heavy (non-hydrogen) atoms. The number of allylic oxidation sites excluding steroid dienone is 5. The molecule has 0 saturated carbocycles. The van der Waals surface area contributed by atoms with Gasteiger partial charge in [-0.15, -0.1) is 0 Å². The van der Waals surface area contributed by atoms with Crippen molar-refractivity contribution in [2.24, 2.45) is 11.8 Å². The van der Waals surface area contributed by atoms with E-state index in [-0.39, 0.29) is 17.8 Å². The zero-order valence-electron chi connectivity index (χ0n) is 24.1. The Labute approximate surface area is 233 Å². The molecule has 0 amide bonds. The predicted molar refractivity (Wildman–Crippen MR) is 158 cm³/mol. The van der Waals surface area contributed by atoms with Gasteiger partial charge >= 0.3 is 5.97 Å². The molecule has 2 aliphatic rings. The van der Waals surface area contributed by atoms with Crippen LogP contribution in [0, 0.1) is 18.8 Å². The molecule has 0 N–H and O–H groups in total. The van der Waals surface area contributed by atoms with E-state index in [2.05, 4.69) is 36.2 Å². The molecule has 0 aliphatic heterocycles. The Morgan fingerprint density at radius 2 is 1.67 bits per heavy atom. The van der Waals surface area contributed by atoms with Crippen LogP contribution in [0.1, 0.15) is 57.7 Å². The Balaban J connectivity index is 0.000000250. The minimum Gasteiger partial charge on any atom is -0.496 e. The summed E-state index contributed by atoms with van der Waals surface area (Å²) >= 11 is 0. The molecule has 5 rings (SSSR count). The van der Waals surface area contributed by atoms with Gasteiger partial charge in [0.05, 0.1) is 25.8 Å². The number of rotatable bonds is 6. The highest BCUT2D eigenvalue weighted by Gasteiger charge is 2.35. The molecule has 1 aromatic heterocycles. The van der Waals surface area contributed by atoms with E-state index in [0.29, 0.717) is 5.89 Å². The number of carbonyl (C=O) groups is 1. The molecule has 2 atom stereocenters. The summed E-state index contributed by atoms with van der Waals surface area (Å²) in [5.41, 5.74) is 6.90. The second-order valence-corrected chi connectivity index (χ2v) is 9.30. The van der Waals surface area contributed by atoms with Crippen molar-refractivity contribution in [3.05, 3.63) is 107 Å². The average Bonchev–Trinajstić information content (AvgIpc) is 3.56. The molecule has 2 aliphatic carbocycles. The number of aryl methyl sites for hydroxylation is 1. The molecule has 2 aromatic carbocycles. The summed E-state index contributed by atoms with van der Waals surface area (Å²) in [6.45, 7) is 7.98. The molecule has 0 radical (unpaired) electrons. The second-order valence-electron chi connectivity index (χ2n) is 9.30. The number of carbonyl (C=O) groups excluding carboxylic acids is 1. The van der Waals surface area contributed by atoms with Gasteiger partial charge in [-0.3, -0.25) is 4.79 Å². The number of hydrogen-bond donors (Lipinski definition) is 0.